The summed E-state index contributed by atoms with van der Waals surface area (Å²) in [5, 5.41) is 1.06. The molecule has 0 radical (unpaired) electrons. The Morgan fingerprint density at radius 2 is 1.65 bits per heavy atom. The van der Waals surface area contributed by atoms with Gasteiger partial charge in [-0.2, -0.15) is 0 Å². The van der Waals surface area contributed by atoms with Crippen molar-refractivity contribution in [3.8, 4) is 11.3 Å². The highest BCUT2D eigenvalue weighted by atomic mass is 35.5. The average molecular weight is 383 g/mol. The van der Waals surface area contributed by atoms with Crippen molar-refractivity contribution in [3.63, 3.8) is 0 Å². The van der Waals surface area contributed by atoms with Gasteiger partial charge in [0.1, 0.15) is 0 Å². The van der Waals surface area contributed by atoms with E-state index < -0.39 is 10.0 Å². The molecule has 6 heteroatoms. The Balaban J connectivity index is 2.08. The zero-order valence-corrected chi connectivity index (χ0v) is 15.5. The third kappa shape index (κ3) is 2.69. The number of rotatable bonds is 3. The molecule has 0 fully saturated rings. The normalized spacial score (nSPS) is 11.8. The van der Waals surface area contributed by atoms with Crippen LogP contribution in [0.5, 0.6) is 0 Å². The first-order valence-electron chi connectivity index (χ1n) is 8.02. The topological polar surface area (TPSA) is 52.0 Å². The molecule has 0 aliphatic heterocycles. The van der Waals surface area contributed by atoms with Crippen molar-refractivity contribution >= 4 is 32.7 Å². The number of nitrogens with zero attached hydrogens (tertiary/aromatic N) is 2. The first-order chi connectivity index (χ1) is 12.5. The lowest BCUT2D eigenvalue weighted by molar-refractivity contribution is 0.589. The third-order valence-corrected chi connectivity index (χ3v) is 6.28. The van der Waals surface area contributed by atoms with Gasteiger partial charge in [-0.3, -0.25) is 0 Å². The molecular formula is C20H15ClN2O2S. The van der Waals surface area contributed by atoms with Crippen LogP contribution in [0.4, 0.5) is 0 Å². The van der Waals surface area contributed by atoms with Crippen molar-refractivity contribution in [2.24, 2.45) is 0 Å². The highest BCUT2D eigenvalue weighted by Crippen LogP contribution is 2.34. The number of aromatic nitrogens is 2. The molecule has 0 atom stereocenters. The third-order valence-electron chi connectivity index (χ3n) is 4.24. The Bertz CT molecular complexity index is 1200. The van der Waals surface area contributed by atoms with Gasteiger partial charge in [-0.15, -0.1) is 0 Å². The molecule has 0 bridgehead atoms. The van der Waals surface area contributed by atoms with Crippen LogP contribution in [0.15, 0.2) is 77.8 Å². The number of hydrogen-bond acceptors (Lipinski definition) is 3. The molecule has 4 rings (SSSR count). The highest BCUT2D eigenvalue weighted by molar-refractivity contribution is 7.90. The van der Waals surface area contributed by atoms with Crippen LogP contribution in [-0.2, 0) is 10.0 Å². The summed E-state index contributed by atoms with van der Waals surface area (Å²) in [6.45, 7) is 1.91. The lowest BCUT2D eigenvalue weighted by Crippen LogP contribution is -2.14. The van der Waals surface area contributed by atoms with Gasteiger partial charge in [0.15, 0.2) is 5.65 Å². The predicted octanol–water partition coefficient (Wildman–Crippen LogP) is 4.90. The Kier molecular flexibility index (Phi) is 4.05. The van der Waals surface area contributed by atoms with Crippen LogP contribution in [0, 0.1) is 6.92 Å². The minimum atomic E-state index is -3.84. The molecule has 130 valence electrons. The first-order valence-corrected chi connectivity index (χ1v) is 9.84. The summed E-state index contributed by atoms with van der Waals surface area (Å²) in [6.07, 6.45) is 1.51. The SMILES string of the molecule is Cc1ccc(S(=O)(=O)n2c(-c3ccccc3)cc3c(Cl)ccnc32)cc1. The number of pyridine rings is 1. The van der Waals surface area contributed by atoms with E-state index in [1.807, 2.05) is 37.3 Å². The number of fused-ring (bicyclic) bond motifs is 1. The molecule has 2 aromatic heterocycles. The van der Waals surface area contributed by atoms with Crippen LogP contribution in [0.25, 0.3) is 22.3 Å². The van der Waals surface area contributed by atoms with Gasteiger partial charge in [0, 0.05) is 11.6 Å². The van der Waals surface area contributed by atoms with Crippen LogP contribution < -0.4 is 0 Å². The lowest BCUT2D eigenvalue weighted by Gasteiger charge is -2.12. The van der Waals surface area contributed by atoms with E-state index in [4.69, 9.17) is 11.6 Å². The number of hydrogen-bond donors (Lipinski definition) is 0. The minimum absolute atomic E-state index is 0.208. The van der Waals surface area contributed by atoms with E-state index in [0.717, 1.165) is 11.1 Å². The van der Waals surface area contributed by atoms with Crippen LogP contribution >= 0.6 is 11.6 Å². The molecule has 0 aliphatic carbocycles. The van der Waals surface area contributed by atoms with Gasteiger partial charge in [0.05, 0.1) is 15.6 Å². The van der Waals surface area contributed by atoms with Crippen molar-refractivity contribution < 1.29 is 8.42 Å². The first kappa shape index (κ1) is 16.8. The molecule has 0 aliphatic rings. The summed E-state index contributed by atoms with van der Waals surface area (Å²) in [4.78, 5) is 4.50. The van der Waals surface area contributed by atoms with E-state index in [-0.39, 0.29) is 4.90 Å². The number of benzene rings is 2. The fourth-order valence-electron chi connectivity index (χ4n) is 2.91. The van der Waals surface area contributed by atoms with E-state index in [9.17, 15) is 8.42 Å². The molecule has 0 unspecified atom stereocenters. The molecule has 0 saturated heterocycles. The second-order valence-electron chi connectivity index (χ2n) is 6.01. The van der Waals surface area contributed by atoms with Crippen LogP contribution in [-0.4, -0.2) is 17.4 Å². The average Bonchev–Trinajstić information content (AvgIpc) is 3.05. The molecule has 0 N–H and O–H groups in total. The molecule has 4 nitrogen and oxygen atoms in total. The highest BCUT2D eigenvalue weighted by Gasteiger charge is 2.25. The standard InChI is InChI=1S/C20H15ClN2O2S/c1-14-7-9-16(10-8-14)26(24,25)23-19(15-5-3-2-4-6-15)13-17-18(21)11-12-22-20(17)23/h2-13H,1H3. The van der Waals surface area contributed by atoms with Crippen molar-refractivity contribution in [1.29, 1.82) is 0 Å². The van der Waals surface area contributed by atoms with Gasteiger partial charge in [-0.1, -0.05) is 59.6 Å². The molecule has 26 heavy (non-hydrogen) atoms. The summed E-state index contributed by atoms with van der Waals surface area (Å²) in [6, 6.07) is 19.5. The predicted molar refractivity (Wildman–Crippen MR) is 104 cm³/mol. The molecule has 0 saturated carbocycles. The minimum Gasteiger partial charge on any atom is -0.237 e. The summed E-state index contributed by atoms with van der Waals surface area (Å²) in [7, 11) is -3.84. The quantitative estimate of drug-likeness (QED) is 0.506. The van der Waals surface area contributed by atoms with E-state index in [1.165, 1.54) is 10.2 Å². The zero-order valence-electron chi connectivity index (χ0n) is 13.9. The Morgan fingerprint density at radius 3 is 2.35 bits per heavy atom. The number of halogens is 1. The van der Waals surface area contributed by atoms with Gasteiger partial charge < -0.3 is 0 Å². The van der Waals surface area contributed by atoms with E-state index in [1.54, 1.807) is 36.4 Å². The summed E-state index contributed by atoms with van der Waals surface area (Å²) < 4.78 is 28.1. The number of aryl methyl sites for hydroxylation is 1. The molecule has 2 aromatic carbocycles. The van der Waals surface area contributed by atoms with Crippen LogP contribution in [0.2, 0.25) is 5.02 Å². The maximum Gasteiger partial charge on any atom is 0.269 e. The monoisotopic (exact) mass is 382 g/mol. The van der Waals surface area contributed by atoms with Crippen molar-refractivity contribution in [2.75, 3.05) is 0 Å². The summed E-state index contributed by atoms with van der Waals surface area (Å²) in [5.41, 5.74) is 2.61. The van der Waals surface area contributed by atoms with Gasteiger partial charge >= 0.3 is 0 Å². The maximum absolute atomic E-state index is 13.4. The van der Waals surface area contributed by atoms with Gasteiger partial charge in [0.2, 0.25) is 0 Å². The second-order valence-corrected chi connectivity index (χ2v) is 8.20. The van der Waals surface area contributed by atoms with Crippen molar-refractivity contribution in [1.82, 2.24) is 8.96 Å². The smallest absolute Gasteiger partial charge is 0.237 e. The van der Waals surface area contributed by atoms with Gasteiger partial charge in [-0.25, -0.2) is 17.4 Å². The Hall–Kier alpha value is -2.63. The Morgan fingerprint density at radius 1 is 0.962 bits per heavy atom. The molecular weight excluding hydrogens is 368 g/mol. The van der Waals surface area contributed by atoms with Crippen molar-refractivity contribution in [3.05, 3.63) is 83.5 Å². The van der Waals surface area contributed by atoms with E-state index >= 15 is 0 Å². The van der Waals surface area contributed by atoms with Gasteiger partial charge in [-0.05, 0) is 36.8 Å². The molecule has 0 amide bonds. The fourth-order valence-corrected chi connectivity index (χ4v) is 4.59. The zero-order chi connectivity index (χ0) is 18.3. The fraction of sp³-hybridized carbons (Fsp3) is 0.0500. The largest absolute Gasteiger partial charge is 0.269 e. The molecule has 0 spiro atoms. The van der Waals surface area contributed by atoms with E-state index in [2.05, 4.69) is 4.98 Å². The summed E-state index contributed by atoms with van der Waals surface area (Å²) >= 11 is 6.30. The second kappa shape index (κ2) is 6.27. The maximum atomic E-state index is 13.4. The van der Waals surface area contributed by atoms with Crippen LogP contribution in [0.3, 0.4) is 0 Å². The van der Waals surface area contributed by atoms with Crippen molar-refractivity contribution in [2.45, 2.75) is 11.8 Å². The summed E-state index contributed by atoms with van der Waals surface area (Å²) in [5.74, 6) is 0. The molecule has 2 heterocycles. The van der Waals surface area contributed by atoms with Gasteiger partial charge in [0.25, 0.3) is 10.0 Å². The molecule has 4 aromatic rings. The Labute approximate surface area is 156 Å². The lowest BCUT2D eigenvalue weighted by atomic mass is 10.1. The van der Waals surface area contributed by atoms with E-state index in [0.29, 0.717) is 21.7 Å². The van der Waals surface area contributed by atoms with Crippen LogP contribution in [0.1, 0.15) is 5.56 Å².